The van der Waals surface area contributed by atoms with E-state index in [2.05, 4.69) is 33.9 Å². The molecule has 1 aromatic rings. The van der Waals surface area contributed by atoms with E-state index >= 15 is 0 Å². The summed E-state index contributed by atoms with van der Waals surface area (Å²) in [5, 5.41) is 3.40. The van der Waals surface area contributed by atoms with Crippen molar-refractivity contribution in [1.82, 2.24) is 14.9 Å². The average Bonchev–Trinajstić information content (AvgIpc) is 2.87. The van der Waals surface area contributed by atoms with Crippen molar-refractivity contribution in [2.45, 2.75) is 32.2 Å². The minimum Gasteiger partial charge on any atom is -0.334 e. The van der Waals surface area contributed by atoms with E-state index in [1.54, 1.807) is 0 Å². The van der Waals surface area contributed by atoms with Gasteiger partial charge in [-0.2, -0.15) is 0 Å². The van der Waals surface area contributed by atoms with Crippen LogP contribution in [0.3, 0.4) is 0 Å². The molecule has 1 N–H and O–H groups in total. The average molecular weight is 205 g/mol. The molecule has 2 rings (SSSR count). The zero-order valence-corrected chi connectivity index (χ0v) is 9.32. The smallest absolute Gasteiger partial charge is 0.0948 e. The third-order valence-corrected chi connectivity index (χ3v) is 3.00. The highest BCUT2D eigenvalue weighted by atomic mass is 15.1. The van der Waals surface area contributed by atoms with E-state index in [-0.39, 0.29) is 0 Å². The highest BCUT2D eigenvalue weighted by molar-refractivity contribution is 5.09. The summed E-state index contributed by atoms with van der Waals surface area (Å²) < 4.78 is 2.29. The molecule has 1 fully saturated rings. The first-order valence-electron chi connectivity index (χ1n) is 5.73. The molecule has 15 heavy (non-hydrogen) atoms. The van der Waals surface area contributed by atoms with Gasteiger partial charge in [0.1, 0.15) is 0 Å². The molecule has 0 amide bonds. The summed E-state index contributed by atoms with van der Waals surface area (Å²) in [4.78, 5) is 4.26. The number of aryl methyl sites for hydroxylation is 1. The number of aromatic nitrogens is 2. The predicted molar refractivity (Wildman–Crippen MR) is 61.9 cm³/mol. The van der Waals surface area contributed by atoms with E-state index < -0.39 is 0 Å². The monoisotopic (exact) mass is 205 g/mol. The molecule has 0 aromatic carbocycles. The van der Waals surface area contributed by atoms with Crippen LogP contribution in [0.5, 0.6) is 0 Å². The second-order valence-electron chi connectivity index (χ2n) is 4.06. The largest absolute Gasteiger partial charge is 0.334 e. The van der Waals surface area contributed by atoms with Crippen molar-refractivity contribution in [3.05, 3.63) is 30.4 Å². The first-order valence-corrected chi connectivity index (χ1v) is 5.73. The maximum atomic E-state index is 4.26. The summed E-state index contributed by atoms with van der Waals surface area (Å²) in [6.45, 7) is 5.37. The Hall–Kier alpha value is -1.09. The molecule has 0 saturated carbocycles. The van der Waals surface area contributed by atoms with Crippen LogP contribution in [0.4, 0.5) is 0 Å². The first kappa shape index (κ1) is 10.4. The van der Waals surface area contributed by atoms with Gasteiger partial charge in [-0.1, -0.05) is 12.2 Å². The molecule has 0 spiro atoms. The van der Waals surface area contributed by atoms with Crippen LogP contribution in [0, 0.1) is 0 Å². The van der Waals surface area contributed by atoms with Crippen molar-refractivity contribution >= 4 is 0 Å². The molecule has 0 bridgehead atoms. The van der Waals surface area contributed by atoms with Crippen molar-refractivity contribution in [2.75, 3.05) is 13.1 Å². The number of imidazole rings is 1. The Morgan fingerprint density at radius 1 is 1.67 bits per heavy atom. The Balaban J connectivity index is 2.00. The fourth-order valence-corrected chi connectivity index (χ4v) is 2.15. The minimum absolute atomic E-state index is 0.665. The zero-order chi connectivity index (χ0) is 10.5. The molecule has 2 heterocycles. The van der Waals surface area contributed by atoms with Crippen molar-refractivity contribution < 1.29 is 0 Å². The summed E-state index contributed by atoms with van der Waals surface area (Å²) in [5.41, 5.74) is 1.39. The van der Waals surface area contributed by atoms with E-state index in [0.717, 1.165) is 26.1 Å². The number of hydrogen-bond acceptors (Lipinski definition) is 2. The molecule has 1 aliphatic rings. The second kappa shape index (κ2) is 5.12. The van der Waals surface area contributed by atoms with Crippen molar-refractivity contribution in [3.63, 3.8) is 0 Å². The molecule has 0 radical (unpaired) electrons. The Kier molecular flexibility index (Phi) is 3.56. The molecule has 3 nitrogen and oxygen atoms in total. The summed E-state index contributed by atoms with van der Waals surface area (Å²) in [5.74, 6) is 0.665. The molecule has 1 unspecified atom stereocenters. The summed E-state index contributed by atoms with van der Waals surface area (Å²) in [6, 6.07) is 0. The van der Waals surface area contributed by atoms with Gasteiger partial charge in [0, 0.05) is 30.9 Å². The predicted octanol–water partition coefficient (Wildman–Crippen LogP) is 1.93. The Morgan fingerprint density at radius 3 is 3.33 bits per heavy atom. The van der Waals surface area contributed by atoms with Gasteiger partial charge >= 0.3 is 0 Å². The van der Waals surface area contributed by atoms with E-state index in [1.807, 2.05) is 12.5 Å². The molecule has 1 saturated heterocycles. The number of nitrogens with zero attached hydrogens (tertiary/aromatic N) is 2. The third kappa shape index (κ3) is 2.48. The SMILES string of the molecule is C/C=C/CCn1cncc1C1CCNC1. The van der Waals surface area contributed by atoms with Gasteiger partial charge in [0.2, 0.25) is 0 Å². The van der Waals surface area contributed by atoms with Gasteiger partial charge in [0.15, 0.2) is 0 Å². The quantitative estimate of drug-likeness (QED) is 0.761. The van der Waals surface area contributed by atoms with Gasteiger partial charge in [-0.25, -0.2) is 4.98 Å². The summed E-state index contributed by atoms with van der Waals surface area (Å²) >= 11 is 0. The number of hydrogen-bond donors (Lipinski definition) is 1. The van der Waals surface area contributed by atoms with Crippen molar-refractivity contribution in [1.29, 1.82) is 0 Å². The molecule has 1 aliphatic heterocycles. The molecule has 0 aliphatic carbocycles. The molecule has 1 atom stereocenters. The maximum absolute atomic E-state index is 4.26. The summed E-state index contributed by atoms with van der Waals surface area (Å²) in [7, 11) is 0. The highest BCUT2D eigenvalue weighted by Crippen LogP contribution is 2.21. The van der Waals surface area contributed by atoms with E-state index in [1.165, 1.54) is 12.1 Å². The maximum Gasteiger partial charge on any atom is 0.0948 e. The van der Waals surface area contributed by atoms with Crippen LogP contribution in [-0.4, -0.2) is 22.6 Å². The molecule has 3 heteroatoms. The molecule has 1 aromatic heterocycles. The van der Waals surface area contributed by atoms with Crippen LogP contribution in [0.25, 0.3) is 0 Å². The number of rotatable bonds is 4. The van der Waals surface area contributed by atoms with Crippen molar-refractivity contribution in [2.24, 2.45) is 0 Å². The lowest BCUT2D eigenvalue weighted by atomic mass is 10.1. The van der Waals surface area contributed by atoms with Gasteiger partial charge < -0.3 is 9.88 Å². The lowest BCUT2D eigenvalue weighted by molar-refractivity contribution is 0.618. The fourth-order valence-electron chi connectivity index (χ4n) is 2.15. The number of nitrogens with one attached hydrogen (secondary N) is 1. The van der Waals surface area contributed by atoms with Gasteiger partial charge in [-0.05, 0) is 26.3 Å². The topological polar surface area (TPSA) is 29.9 Å². The van der Waals surface area contributed by atoms with Gasteiger partial charge in [-0.3, -0.25) is 0 Å². The Labute approximate surface area is 91.2 Å². The van der Waals surface area contributed by atoms with Crippen LogP contribution in [0.15, 0.2) is 24.7 Å². The van der Waals surface area contributed by atoms with Crippen LogP contribution in [0.2, 0.25) is 0 Å². The Bertz CT molecular complexity index is 321. The van der Waals surface area contributed by atoms with Crippen LogP contribution in [-0.2, 0) is 6.54 Å². The number of allylic oxidation sites excluding steroid dienone is 2. The highest BCUT2D eigenvalue weighted by Gasteiger charge is 2.19. The second-order valence-corrected chi connectivity index (χ2v) is 4.06. The van der Waals surface area contributed by atoms with Gasteiger partial charge in [-0.15, -0.1) is 0 Å². The fraction of sp³-hybridized carbons (Fsp3) is 0.583. The van der Waals surface area contributed by atoms with Crippen LogP contribution in [0.1, 0.15) is 31.4 Å². The molecule has 82 valence electrons. The zero-order valence-electron chi connectivity index (χ0n) is 9.32. The molecular formula is C12H19N3. The minimum atomic E-state index is 0.665. The molecular weight excluding hydrogens is 186 g/mol. The van der Waals surface area contributed by atoms with Crippen molar-refractivity contribution in [3.8, 4) is 0 Å². The lowest BCUT2D eigenvalue weighted by Gasteiger charge is -2.11. The summed E-state index contributed by atoms with van der Waals surface area (Å²) in [6.07, 6.45) is 10.6. The van der Waals surface area contributed by atoms with E-state index in [0.29, 0.717) is 5.92 Å². The Morgan fingerprint density at radius 2 is 2.60 bits per heavy atom. The van der Waals surface area contributed by atoms with Crippen LogP contribution >= 0.6 is 0 Å². The third-order valence-electron chi connectivity index (χ3n) is 3.00. The first-order chi connectivity index (χ1) is 7.42. The van der Waals surface area contributed by atoms with E-state index in [9.17, 15) is 0 Å². The standard InChI is InChI=1S/C12H19N3/c1-2-3-4-7-15-10-14-9-12(15)11-5-6-13-8-11/h2-3,9-11,13H,4-8H2,1H3/b3-2+. The van der Waals surface area contributed by atoms with Gasteiger partial charge in [0.05, 0.1) is 6.33 Å². The normalized spacial score (nSPS) is 21.5. The van der Waals surface area contributed by atoms with E-state index in [4.69, 9.17) is 0 Å². The van der Waals surface area contributed by atoms with Gasteiger partial charge in [0.25, 0.3) is 0 Å². The van der Waals surface area contributed by atoms with Crippen LogP contribution < -0.4 is 5.32 Å². The lowest BCUT2D eigenvalue weighted by Crippen LogP contribution is -2.11.